The van der Waals surface area contributed by atoms with Crippen LogP contribution in [0.2, 0.25) is 5.02 Å². The molecule has 0 amide bonds. The molecule has 0 aliphatic carbocycles. The zero-order valence-electron chi connectivity index (χ0n) is 17.3. The molecule has 0 aromatic heterocycles. The summed E-state index contributed by atoms with van der Waals surface area (Å²) < 4.78 is 1.10. The van der Waals surface area contributed by atoms with E-state index >= 15 is 0 Å². The first kappa shape index (κ1) is 22.2. The third kappa shape index (κ3) is 6.48. The van der Waals surface area contributed by atoms with Gasteiger partial charge in [-0.3, -0.25) is 0 Å². The minimum atomic E-state index is -0.994. The number of nitrogens with zero attached hydrogens (tertiary/aromatic N) is 1. The van der Waals surface area contributed by atoms with Gasteiger partial charge in [-0.05, 0) is 18.5 Å². The van der Waals surface area contributed by atoms with E-state index in [1.54, 1.807) is 13.8 Å². The summed E-state index contributed by atoms with van der Waals surface area (Å²) in [5, 5.41) is 15.4. The van der Waals surface area contributed by atoms with Crippen LogP contribution in [0.3, 0.4) is 0 Å². The predicted molar refractivity (Wildman–Crippen MR) is 109 cm³/mol. The van der Waals surface area contributed by atoms with Crippen molar-refractivity contribution in [3.8, 4) is 0 Å². The van der Waals surface area contributed by atoms with E-state index in [1.807, 2.05) is 12.1 Å². The van der Waals surface area contributed by atoms with Gasteiger partial charge in [0.1, 0.15) is 6.54 Å². The number of rotatable bonds is 9. The van der Waals surface area contributed by atoms with Crippen LogP contribution in [0.4, 0.5) is 0 Å². The molecule has 1 N–H and O–H groups in total. The first-order valence-corrected chi connectivity index (χ1v) is 10.5. The van der Waals surface area contributed by atoms with Crippen LogP contribution in [-0.2, 0) is 11.3 Å². The van der Waals surface area contributed by atoms with Gasteiger partial charge in [0.15, 0.2) is 0 Å². The van der Waals surface area contributed by atoms with Crippen molar-refractivity contribution in [1.29, 1.82) is 0 Å². The van der Waals surface area contributed by atoms with Gasteiger partial charge in [-0.25, -0.2) is 0 Å². The molecule has 5 heteroatoms. The Hall–Kier alpha value is -1.10. The summed E-state index contributed by atoms with van der Waals surface area (Å²) in [6, 6.07) is 8.20. The van der Waals surface area contributed by atoms with Gasteiger partial charge in [-0.1, -0.05) is 57.5 Å². The smallest absolute Gasteiger partial charge is 0.106 e. The maximum atomic E-state index is 11.1. The summed E-state index contributed by atoms with van der Waals surface area (Å²) in [7, 11) is 0. The second-order valence-corrected chi connectivity index (χ2v) is 9.77. The van der Waals surface area contributed by atoms with Crippen LogP contribution in [-0.4, -0.2) is 43.2 Å². The summed E-state index contributed by atoms with van der Waals surface area (Å²) >= 11 is 6.43. The molecule has 152 valence electrons. The average Bonchev–Trinajstić information content (AvgIpc) is 2.58. The molecule has 4 nitrogen and oxygen atoms in total. The van der Waals surface area contributed by atoms with Crippen LogP contribution < -0.4 is 10.4 Å². The molecular formula is C22H35ClN2O2. The lowest BCUT2D eigenvalue weighted by atomic mass is 9.91. The Morgan fingerprint density at radius 2 is 1.93 bits per heavy atom. The Bertz CT molecular complexity index is 622. The van der Waals surface area contributed by atoms with Crippen molar-refractivity contribution in [2.45, 2.75) is 47.1 Å². The number of carbonyl (C=O) groups is 1. The van der Waals surface area contributed by atoms with Crippen molar-refractivity contribution in [2.24, 2.45) is 17.3 Å². The molecule has 1 aliphatic heterocycles. The molecule has 1 heterocycles. The molecule has 1 aromatic rings. The Morgan fingerprint density at radius 1 is 1.30 bits per heavy atom. The van der Waals surface area contributed by atoms with Crippen molar-refractivity contribution in [2.75, 3.05) is 32.7 Å². The van der Waals surface area contributed by atoms with Gasteiger partial charge < -0.3 is 19.7 Å². The van der Waals surface area contributed by atoms with Crippen molar-refractivity contribution in [1.82, 2.24) is 5.32 Å². The SMILES string of the molecule is CC(C)C[N+]1(Cc2ccccc2Cl)CCC(CNCC(C)(C)C(=O)[O-])CC1. The third-order valence-electron chi connectivity index (χ3n) is 5.79. The van der Waals surface area contributed by atoms with E-state index in [9.17, 15) is 9.90 Å². The van der Waals surface area contributed by atoms with E-state index in [1.165, 1.54) is 12.1 Å². The number of aliphatic carboxylic acids is 1. The summed E-state index contributed by atoms with van der Waals surface area (Å²) in [4.78, 5) is 11.1. The van der Waals surface area contributed by atoms with Crippen LogP contribution in [0.25, 0.3) is 0 Å². The van der Waals surface area contributed by atoms with Gasteiger partial charge in [0.25, 0.3) is 0 Å². The summed E-state index contributed by atoms with van der Waals surface area (Å²) in [6.07, 6.45) is 2.33. The van der Waals surface area contributed by atoms with Crippen LogP contribution in [0.15, 0.2) is 24.3 Å². The topological polar surface area (TPSA) is 52.2 Å². The quantitative estimate of drug-likeness (QED) is 0.655. The lowest BCUT2D eigenvalue weighted by Gasteiger charge is -2.45. The second kappa shape index (κ2) is 9.40. The zero-order chi connectivity index (χ0) is 20.1. The maximum absolute atomic E-state index is 11.1. The first-order valence-electron chi connectivity index (χ1n) is 10.1. The molecule has 0 bridgehead atoms. The Labute approximate surface area is 169 Å². The van der Waals surface area contributed by atoms with Crippen molar-refractivity contribution >= 4 is 17.6 Å². The molecule has 27 heavy (non-hydrogen) atoms. The number of carbonyl (C=O) groups excluding carboxylic acids is 1. The number of hydrogen-bond acceptors (Lipinski definition) is 3. The highest BCUT2D eigenvalue weighted by atomic mass is 35.5. The van der Waals surface area contributed by atoms with E-state index < -0.39 is 11.4 Å². The maximum Gasteiger partial charge on any atom is 0.106 e. The van der Waals surface area contributed by atoms with Crippen molar-refractivity contribution < 1.29 is 14.4 Å². The number of quaternary nitrogens is 1. The molecule has 1 aliphatic rings. The molecule has 2 rings (SSSR count). The van der Waals surface area contributed by atoms with Crippen LogP contribution in [0.5, 0.6) is 0 Å². The van der Waals surface area contributed by atoms with E-state index in [-0.39, 0.29) is 0 Å². The minimum Gasteiger partial charge on any atom is -0.550 e. The molecule has 1 aromatic carbocycles. The number of carboxylic acid groups (broad SMARTS) is 1. The third-order valence-corrected chi connectivity index (χ3v) is 6.16. The number of likely N-dealkylation sites (tertiary alicyclic amines) is 1. The standard InChI is InChI=1S/C22H35ClN2O2/c1-17(2)14-25(15-19-7-5-6-8-20(19)23)11-9-18(10-12-25)13-24-16-22(3,4)21(26)27/h5-8,17-18,24H,9-16H2,1-4H3. The van der Waals surface area contributed by atoms with Crippen molar-refractivity contribution in [3.05, 3.63) is 34.9 Å². The first-order chi connectivity index (χ1) is 12.6. The molecule has 1 saturated heterocycles. The number of halogens is 1. The molecule has 0 saturated carbocycles. The Kier molecular flexibility index (Phi) is 7.73. The number of benzene rings is 1. The van der Waals surface area contributed by atoms with Gasteiger partial charge >= 0.3 is 0 Å². The zero-order valence-corrected chi connectivity index (χ0v) is 18.0. The highest BCUT2D eigenvalue weighted by Crippen LogP contribution is 2.30. The molecule has 0 spiro atoms. The highest BCUT2D eigenvalue weighted by Gasteiger charge is 2.35. The van der Waals surface area contributed by atoms with Gasteiger partial charge in [-0.2, -0.15) is 0 Å². The molecule has 0 atom stereocenters. The molecule has 0 unspecified atom stereocenters. The number of piperidine rings is 1. The second-order valence-electron chi connectivity index (χ2n) is 9.36. The van der Waals surface area contributed by atoms with Gasteiger partial charge in [0, 0.05) is 47.3 Å². The van der Waals surface area contributed by atoms with Crippen LogP contribution in [0, 0.1) is 17.3 Å². The van der Waals surface area contributed by atoms with Gasteiger partial charge in [-0.15, -0.1) is 0 Å². The monoisotopic (exact) mass is 394 g/mol. The summed E-state index contributed by atoms with van der Waals surface area (Å²) in [6.45, 7) is 13.8. The molecular weight excluding hydrogens is 360 g/mol. The Balaban J connectivity index is 1.93. The minimum absolute atomic E-state index is 0.456. The van der Waals surface area contributed by atoms with E-state index in [0.29, 0.717) is 18.4 Å². The van der Waals surface area contributed by atoms with E-state index in [2.05, 4.69) is 31.3 Å². The number of nitrogens with one attached hydrogen (secondary N) is 1. The van der Waals surface area contributed by atoms with Gasteiger partial charge in [0.05, 0.1) is 19.6 Å². The highest BCUT2D eigenvalue weighted by molar-refractivity contribution is 6.31. The van der Waals surface area contributed by atoms with Crippen molar-refractivity contribution in [3.63, 3.8) is 0 Å². The fourth-order valence-corrected chi connectivity index (χ4v) is 4.40. The number of hydrogen-bond donors (Lipinski definition) is 1. The molecule has 1 fully saturated rings. The normalized spacial score (nSPS) is 23.6. The summed E-state index contributed by atoms with van der Waals surface area (Å²) in [5.41, 5.74) is 0.419. The Morgan fingerprint density at radius 3 is 2.48 bits per heavy atom. The fourth-order valence-electron chi connectivity index (χ4n) is 4.20. The van der Waals surface area contributed by atoms with E-state index in [4.69, 9.17) is 11.6 Å². The predicted octanol–water partition coefficient (Wildman–Crippen LogP) is 3.09. The van der Waals surface area contributed by atoms with Crippen LogP contribution >= 0.6 is 11.6 Å². The number of carboxylic acids is 1. The average molecular weight is 395 g/mol. The van der Waals surface area contributed by atoms with E-state index in [0.717, 1.165) is 48.5 Å². The largest absolute Gasteiger partial charge is 0.550 e. The lowest BCUT2D eigenvalue weighted by molar-refractivity contribution is -0.948. The lowest BCUT2D eigenvalue weighted by Crippen LogP contribution is -2.55. The fraction of sp³-hybridized carbons (Fsp3) is 0.682. The van der Waals surface area contributed by atoms with Crippen LogP contribution in [0.1, 0.15) is 46.1 Å². The summed E-state index contributed by atoms with van der Waals surface area (Å²) in [5.74, 6) is 0.254. The van der Waals surface area contributed by atoms with Gasteiger partial charge in [0.2, 0.25) is 0 Å². The molecule has 0 radical (unpaired) electrons.